The molecule has 1 saturated heterocycles. The zero-order chi connectivity index (χ0) is 19.2. The second-order valence-electron chi connectivity index (χ2n) is 7.67. The second-order valence-corrected chi connectivity index (χ2v) is 7.67. The molecule has 3 aromatic rings. The van der Waals surface area contributed by atoms with Crippen LogP contribution < -0.4 is 5.56 Å². The molecular formula is C24H27N3O. The SMILES string of the molecule is O=c1cc(-c2ccccc2)cnn1CCC1CCN(Cc2ccccc2)CC1. The normalized spacial score (nSPS) is 15.6. The number of hydrogen-bond acceptors (Lipinski definition) is 3. The summed E-state index contributed by atoms with van der Waals surface area (Å²) in [5, 5.41) is 4.40. The molecule has 1 fully saturated rings. The predicted octanol–water partition coefficient (Wildman–Crippen LogP) is 4.21. The average Bonchev–Trinajstić information content (AvgIpc) is 2.75. The Balaban J connectivity index is 1.28. The van der Waals surface area contributed by atoms with Gasteiger partial charge >= 0.3 is 0 Å². The van der Waals surface area contributed by atoms with E-state index in [1.54, 1.807) is 16.9 Å². The Bertz CT molecular complexity index is 929. The van der Waals surface area contributed by atoms with Gasteiger partial charge in [-0.05, 0) is 49.4 Å². The van der Waals surface area contributed by atoms with E-state index < -0.39 is 0 Å². The second kappa shape index (κ2) is 8.98. The molecule has 4 rings (SSSR count). The molecule has 144 valence electrons. The number of benzene rings is 2. The molecule has 0 saturated carbocycles. The Morgan fingerprint density at radius 2 is 1.57 bits per heavy atom. The lowest BCUT2D eigenvalue weighted by Gasteiger charge is -2.32. The summed E-state index contributed by atoms with van der Waals surface area (Å²) in [7, 11) is 0. The largest absolute Gasteiger partial charge is 0.299 e. The maximum Gasteiger partial charge on any atom is 0.267 e. The summed E-state index contributed by atoms with van der Waals surface area (Å²) in [6.45, 7) is 4.01. The fraction of sp³-hybridized carbons (Fsp3) is 0.333. The lowest BCUT2D eigenvalue weighted by molar-refractivity contribution is 0.168. The minimum atomic E-state index is -0.0112. The topological polar surface area (TPSA) is 38.1 Å². The Morgan fingerprint density at radius 1 is 0.893 bits per heavy atom. The van der Waals surface area contributed by atoms with Crippen molar-refractivity contribution in [3.8, 4) is 11.1 Å². The van der Waals surface area contributed by atoms with Gasteiger partial charge in [0.25, 0.3) is 5.56 Å². The molecule has 4 heteroatoms. The molecule has 1 aromatic heterocycles. The minimum Gasteiger partial charge on any atom is -0.299 e. The van der Waals surface area contributed by atoms with Gasteiger partial charge in [0.2, 0.25) is 0 Å². The van der Waals surface area contributed by atoms with Crippen molar-refractivity contribution >= 4 is 0 Å². The summed E-state index contributed by atoms with van der Waals surface area (Å²) in [6.07, 6.45) is 5.23. The van der Waals surface area contributed by atoms with Crippen LogP contribution in [-0.4, -0.2) is 27.8 Å². The van der Waals surface area contributed by atoms with Crippen LogP contribution in [0.2, 0.25) is 0 Å². The van der Waals surface area contributed by atoms with Gasteiger partial charge in [-0.3, -0.25) is 9.69 Å². The predicted molar refractivity (Wildman–Crippen MR) is 113 cm³/mol. The first-order valence-electron chi connectivity index (χ1n) is 10.2. The Morgan fingerprint density at radius 3 is 2.25 bits per heavy atom. The number of hydrogen-bond donors (Lipinski definition) is 0. The van der Waals surface area contributed by atoms with Crippen molar-refractivity contribution in [3.63, 3.8) is 0 Å². The molecule has 0 unspecified atom stereocenters. The smallest absolute Gasteiger partial charge is 0.267 e. The van der Waals surface area contributed by atoms with Crippen LogP contribution in [0.15, 0.2) is 77.7 Å². The molecule has 2 heterocycles. The maximum absolute atomic E-state index is 12.4. The molecule has 0 amide bonds. The Kier molecular flexibility index (Phi) is 5.98. The van der Waals surface area contributed by atoms with E-state index in [0.717, 1.165) is 37.2 Å². The standard InChI is InChI=1S/C24H27N3O/c28-24-17-23(22-9-5-2-6-10-22)18-25-27(24)16-13-20-11-14-26(15-12-20)19-21-7-3-1-4-8-21/h1-10,17-18,20H,11-16,19H2. The van der Waals surface area contributed by atoms with Crippen molar-refractivity contribution in [1.29, 1.82) is 0 Å². The molecule has 0 N–H and O–H groups in total. The number of nitrogens with zero attached hydrogens (tertiary/aromatic N) is 3. The van der Waals surface area contributed by atoms with Crippen molar-refractivity contribution < 1.29 is 0 Å². The van der Waals surface area contributed by atoms with Gasteiger partial charge < -0.3 is 0 Å². The fourth-order valence-electron chi connectivity index (χ4n) is 3.97. The first-order valence-corrected chi connectivity index (χ1v) is 10.2. The molecule has 0 spiro atoms. The molecule has 2 aromatic carbocycles. The molecule has 0 atom stereocenters. The molecule has 1 aliphatic rings. The van der Waals surface area contributed by atoms with E-state index >= 15 is 0 Å². The van der Waals surface area contributed by atoms with Crippen molar-refractivity contribution in [1.82, 2.24) is 14.7 Å². The van der Waals surface area contributed by atoms with Crippen LogP contribution in [0.5, 0.6) is 0 Å². The lowest BCUT2D eigenvalue weighted by atomic mass is 9.93. The molecule has 28 heavy (non-hydrogen) atoms. The zero-order valence-corrected chi connectivity index (χ0v) is 16.2. The van der Waals surface area contributed by atoms with Gasteiger partial charge in [0.15, 0.2) is 0 Å². The Labute approximate surface area is 166 Å². The van der Waals surface area contributed by atoms with Gasteiger partial charge in [0.05, 0.1) is 6.20 Å². The maximum atomic E-state index is 12.4. The highest BCUT2D eigenvalue weighted by Crippen LogP contribution is 2.22. The number of likely N-dealkylation sites (tertiary alicyclic amines) is 1. The third-order valence-corrected chi connectivity index (χ3v) is 5.68. The van der Waals surface area contributed by atoms with E-state index in [0.29, 0.717) is 12.5 Å². The number of piperidine rings is 1. The molecular weight excluding hydrogens is 346 g/mol. The molecule has 4 nitrogen and oxygen atoms in total. The average molecular weight is 374 g/mol. The van der Waals surface area contributed by atoms with Crippen LogP contribution in [0.4, 0.5) is 0 Å². The van der Waals surface area contributed by atoms with Crippen LogP contribution in [0, 0.1) is 5.92 Å². The van der Waals surface area contributed by atoms with Crippen molar-refractivity contribution in [2.75, 3.05) is 13.1 Å². The third-order valence-electron chi connectivity index (χ3n) is 5.68. The fourth-order valence-corrected chi connectivity index (χ4v) is 3.97. The molecule has 1 aliphatic heterocycles. The zero-order valence-electron chi connectivity index (χ0n) is 16.2. The minimum absolute atomic E-state index is 0.0112. The third kappa shape index (κ3) is 4.76. The van der Waals surface area contributed by atoms with Crippen LogP contribution in [-0.2, 0) is 13.1 Å². The summed E-state index contributed by atoms with van der Waals surface area (Å²) in [5.74, 6) is 0.675. The lowest BCUT2D eigenvalue weighted by Crippen LogP contribution is -2.34. The van der Waals surface area contributed by atoms with Gasteiger partial charge in [0.1, 0.15) is 0 Å². The first-order chi connectivity index (χ1) is 13.8. The van der Waals surface area contributed by atoms with E-state index in [4.69, 9.17) is 0 Å². The summed E-state index contributed by atoms with van der Waals surface area (Å²) < 4.78 is 1.61. The van der Waals surface area contributed by atoms with E-state index in [1.165, 1.54) is 18.4 Å². The summed E-state index contributed by atoms with van der Waals surface area (Å²) in [4.78, 5) is 15.0. The first kappa shape index (κ1) is 18.6. The van der Waals surface area contributed by atoms with E-state index in [2.05, 4.69) is 40.3 Å². The van der Waals surface area contributed by atoms with E-state index in [-0.39, 0.29) is 5.56 Å². The van der Waals surface area contributed by atoms with Gasteiger partial charge in [0, 0.05) is 24.7 Å². The monoisotopic (exact) mass is 373 g/mol. The number of rotatable bonds is 6. The van der Waals surface area contributed by atoms with Crippen LogP contribution in [0.3, 0.4) is 0 Å². The Hall–Kier alpha value is -2.72. The van der Waals surface area contributed by atoms with Gasteiger partial charge in [-0.15, -0.1) is 0 Å². The summed E-state index contributed by atoms with van der Waals surface area (Å²) in [5.41, 5.74) is 3.29. The summed E-state index contributed by atoms with van der Waals surface area (Å²) >= 11 is 0. The molecule has 0 bridgehead atoms. The molecule has 0 aliphatic carbocycles. The van der Waals surface area contributed by atoms with Crippen molar-refractivity contribution in [3.05, 3.63) is 88.8 Å². The van der Waals surface area contributed by atoms with Crippen LogP contribution in [0.25, 0.3) is 11.1 Å². The van der Waals surface area contributed by atoms with Crippen molar-refractivity contribution in [2.24, 2.45) is 5.92 Å². The van der Waals surface area contributed by atoms with Gasteiger partial charge in [-0.25, -0.2) is 4.68 Å². The molecule has 0 radical (unpaired) electrons. The van der Waals surface area contributed by atoms with Crippen LogP contribution in [0.1, 0.15) is 24.8 Å². The highest BCUT2D eigenvalue weighted by Gasteiger charge is 2.19. The van der Waals surface area contributed by atoms with E-state index in [9.17, 15) is 4.79 Å². The van der Waals surface area contributed by atoms with E-state index in [1.807, 2.05) is 30.3 Å². The highest BCUT2D eigenvalue weighted by atomic mass is 16.1. The number of aryl methyl sites for hydroxylation is 1. The summed E-state index contributed by atoms with van der Waals surface area (Å²) in [6, 6.07) is 22.3. The van der Waals surface area contributed by atoms with Crippen LogP contribution >= 0.6 is 0 Å². The highest BCUT2D eigenvalue weighted by molar-refractivity contribution is 5.61. The van der Waals surface area contributed by atoms with Gasteiger partial charge in [-0.2, -0.15) is 5.10 Å². The van der Waals surface area contributed by atoms with Crippen molar-refractivity contribution in [2.45, 2.75) is 32.4 Å². The quantitative estimate of drug-likeness (QED) is 0.649. The van der Waals surface area contributed by atoms with Gasteiger partial charge in [-0.1, -0.05) is 60.7 Å². The number of aromatic nitrogens is 2.